The summed E-state index contributed by atoms with van der Waals surface area (Å²) in [7, 11) is 3.31. The summed E-state index contributed by atoms with van der Waals surface area (Å²) in [5, 5.41) is 0.924. The number of ether oxygens (including phenoxy) is 2. The Morgan fingerprint density at radius 3 is 2.64 bits per heavy atom. The third kappa shape index (κ3) is 4.31. The maximum Gasteiger partial charge on any atom is 0.387 e. The van der Waals surface area contributed by atoms with Crippen molar-refractivity contribution in [1.29, 1.82) is 0 Å². The molecule has 0 radical (unpaired) electrons. The van der Waals surface area contributed by atoms with Crippen LogP contribution in [0.1, 0.15) is 21.6 Å². The van der Waals surface area contributed by atoms with Crippen molar-refractivity contribution in [3.05, 3.63) is 59.3 Å². The summed E-state index contributed by atoms with van der Waals surface area (Å²) in [6.07, 6.45) is 0. The van der Waals surface area contributed by atoms with Crippen LogP contribution in [0.2, 0.25) is 0 Å². The van der Waals surface area contributed by atoms with Gasteiger partial charge in [0, 0.05) is 22.2 Å². The van der Waals surface area contributed by atoms with Crippen molar-refractivity contribution in [2.45, 2.75) is 20.1 Å². The molecule has 0 aliphatic rings. The van der Waals surface area contributed by atoms with E-state index in [0.717, 1.165) is 27.1 Å². The number of carbonyl (C=O) groups excluding carboxylic acids is 1. The molecule has 28 heavy (non-hydrogen) atoms. The van der Waals surface area contributed by atoms with Crippen molar-refractivity contribution in [2.24, 2.45) is 0 Å². The van der Waals surface area contributed by atoms with Crippen LogP contribution in [0.15, 0.2) is 42.5 Å². The lowest BCUT2D eigenvalue weighted by atomic mass is 10.1. The molecule has 0 amide bonds. The highest BCUT2D eigenvalue weighted by Gasteiger charge is 2.20. The van der Waals surface area contributed by atoms with Gasteiger partial charge in [0.25, 0.3) is 0 Å². The highest BCUT2D eigenvalue weighted by molar-refractivity contribution is 6.09. The average Bonchev–Trinajstić information content (AvgIpc) is 2.98. The summed E-state index contributed by atoms with van der Waals surface area (Å²) in [5.41, 5.74) is 3.38. The molecule has 3 rings (SSSR count). The van der Waals surface area contributed by atoms with Gasteiger partial charge in [-0.1, -0.05) is 18.2 Å². The van der Waals surface area contributed by atoms with E-state index in [1.54, 1.807) is 12.1 Å². The molecule has 0 spiro atoms. The quantitative estimate of drug-likeness (QED) is 0.583. The molecule has 2 aromatic carbocycles. The third-order valence-electron chi connectivity index (χ3n) is 4.58. The van der Waals surface area contributed by atoms with Crippen LogP contribution < -0.4 is 14.4 Å². The van der Waals surface area contributed by atoms with Gasteiger partial charge in [-0.2, -0.15) is 8.78 Å². The Morgan fingerprint density at radius 2 is 1.93 bits per heavy atom. The average molecular weight is 389 g/mol. The molecule has 148 valence electrons. The van der Waals surface area contributed by atoms with E-state index in [2.05, 4.69) is 9.72 Å². The smallest absolute Gasteiger partial charge is 0.387 e. The Balaban J connectivity index is 1.72. The molecule has 1 heterocycles. The number of para-hydroxylation sites is 1. The van der Waals surface area contributed by atoms with Crippen molar-refractivity contribution in [3.63, 3.8) is 0 Å². The molecule has 1 unspecified atom stereocenters. The van der Waals surface area contributed by atoms with Crippen LogP contribution in [0.3, 0.4) is 0 Å². The zero-order valence-electron chi connectivity index (χ0n) is 16.0. The number of halogens is 2. The number of benzene rings is 2. The number of nitrogens with one attached hydrogen (secondary N) is 2. The fourth-order valence-corrected chi connectivity index (χ4v) is 3.42. The molecule has 0 bridgehead atoms. The van der Waals surface area contributed by atoms with Crippen LogP contribution in [0.25, 0.3) is 10.9 Å². The second-order valence-electron chi connectivity index (χ2n) is 6.77. The van der Waals surface area contributed by atoms with Crippen molar-refractivity contribution < 1.29 is 27.9 Å². The summed E-state index contributed by atoms with van der Waals surface area (Å²) in [5.74, 6) is 0.283. The number of Topliss-reactive ketones (excluding diaryl/α,β-unsaturated/α-hetero) is 1. The lowest BCUT2D eigenvalue weighted by Gasteiger charge is -2.15. The van der Waals surface area contributed by atoms with Gasteiger partial charge in [0.15, 0.2) is 11.5 Å². The number of ketones is 1. The summed E-state index contributed by atoms with van der Waals surface area (Å²) in [6, 6.07) is 12.5. The number of likely N-dealkylation sites (N-methyl/N-ethyl adjacent to an activating group) is 1. The number of aromatic nitrogens is 1. The van der Waals surface area contributed by atoms with Gasteiger partial charge in [-0.3, -0.25) is 4.79 Å². The number of H-pyrrole nitrogens is 1. The van der Waals surface area contributed by atoms with Gasteiger partial charge in [-0.05, 0) is 31.2 Å². The zero-order valence-corrected chi connectivity index (χ0v) is 16.0. The number of fused-ring (bicyclic) bond motifs is 1. The lowest BCUT2D eigenvalue weighted by Crippen LogP contribution is -3.08. The summed E-state index contributed by atoms with van der Waals surface area (Å²) in [4.78, 5) is 17.1. The van der Waals surface area contributed by atoms with E-state index in [0.29, 0.717) is 18.7 Å². The van der Waals surface area contributed by atoms with E-state index in [-0.39, 0.29) is 17.3 Å². The Kier molecular flexibility index (Phi) is 5.94. The SMILES string of the molecule is COc1cc(C[NH+](C)CC(=O)c2c(C)[nH]c3ccccc23)ccc1OC(F)F. The fourth-order valence-electron chi connectivity index (χ4n) is 3.42. The Bertz CT molecular complexity index is 985. The molecule has 1 atom stereocenters. The standard InChI is InChI=1S/C21H22F2N2O3/c1-13-20(15-6-4-5-7-16(15)24-13)17(26)12-25(2)11-14-8-9-18(28-21(22)23)19(10-14)27-3/h4-10,21,24H,11-12H2,1-3H3/p+1. The zero-order chi connectivity index (χ0) is 20.3. The van der Waals surface area contributed by atoms with Gasteiger partial charge in [0.2, 0.25) is 5.78 Å². The first-order chi connectivity index (χ1) is 13.4. The van der Waals surface area contributed by atoms with E-state index in [1.165, 1.54) is 13.2 Å². The summed E-state index contributed by atoms with van der Waals surface area (Å²) in [6.45, 7) is -0.168. The highest BCUT2D eigenvalue weighted by Crippen LogP contribution is 2.29. The molecular formula is C21H23F2N2O3+. The minimum atomic E-state index is -2.91. The minimum absolute atomic E-state index is 0.00982. The van der Waals surface area contributed by atoms with Gasteiger partial charge in [0.1, 0.15) is 13.1 Å². The molecule has 0 aliphatic carbocycles. The number of methoxy groups -OCH3 is 1. The van der Waals surface area contributed by atoms with Crippen LogP contribution in [-0.2, 0) is 6.54 Å². The van der Waals surface area contributed by atoms with E-state index in [1.807, 2.05) is 38.2 Å². The second kappa shape index (κ2) is 8.39. The van der Waals surface area contributed by atoms with Crippen molar-refractivity contribution in [3.8, 4) is 11.5 Å². The maximum atomic E-state index is 12.9. The Hall–Kier alpha value is -2.93. The molecule has 0 saturated heterocycles. The second-order valence-corrected chi connectivity index (χ2v) is 6.77. The number of hydrogen-bond donors (Lipinski definition) is 2. The number of quaternary nitrogens is 1. The minimum Gasteiger partial charge on any atom is -0.493 e. The maximum absolute atomic E-state index is 12.9. The van der Waals surface area contributed by atoms with Crippen molar-refractivity contribution >= 4 is 16.7 Å². The first kappa shape index (κ1) is 19.8. The molecule has 0 fully saturated rings. The Morgan fingerprint density at radius 1 is 1.18 bits per heavy atom. The molecule has 0 saturated carbocycles. The highest BCUT2D eigenvalue weighted by atomic mass is 19.3. The molecule has 2 N–H and O–H groups in total. The van der Waals surface area contributed by atoms with Gasteiger partial charge < -0.3 is 19.4 Å². The molecule has 7 heteroatoms. The molecule has 1 aromatic heterocycles. The van der Waals surface area contributed by atoms with Crippen LogP contribution in [-0.4, -0.2) is 38.1 Å². The van der Waals surface area contributed by atoms with Crippen LogP contribution in [0.4, 0.5) is 8.78 Å². The van der Waals surface area contributed by atoms with Gasteiger partial charge in [-0.15, -0.1) is 0 Å². The molecule has 5 nitrogen and oxygen atoms in total. The number of aryl methyl sites for hydroxylation is 1. The monoisotopic (exact) mass is 389 g/mol. The van der Waals surface area contributed by atoms with Gasteiger partial charge in [-0.25, -0.2) is 0 Å². The van der Waals surface area contributed by atoms with Crippen LogP contribution in [0, 0.1) is 6.92 Å². The third-order valence-corrected chi connectivity index (χ3v) is 4.58. The van der Waals surface area contributed by atoms with Crippen LogP contribution >= 0.6 is 0 Å². The lowest BCUT2D eigenvalue weighted by molar-refractivity contribution is -0.884. The van der Waals surface area contributed by atoms with Crippen LogP contribution in [0.5, 0.6) is 11.5 Å². The number of rotatable bonds is 8. The van der Waals surface area contributed by atoms with Gasteiger partial charge in [0.05, 0.1) is 19.7 Å². The van der Waals surface area contributed by atoms with Crippen molar-refractivity contribution in [1.82, 2.24) is 4.98 Å². The van der Waals surface area contributed by atoms with E-state index in [9.17, 15) is 13.6 Å². The molecular weight excluding hydrogens is 366 g/mol. The Labute approximate surface area is 161 Å². The van der Waals surface area contributed by atoms with E-state index in [4.69, 9.17) is 4.74 Å². The summed E-state index contributed by atoms with van der Waals surface area (Å²) >= 11 is 0. The predicted molar refractivity (Wildman–Crippen MR) is 102 cm³/mol. The molecule has 3 aromatic rings. The normalized spacial score (nSPS) is 12.4. The predicted octanol–water partition coefficient (Wildman–Crippen LogP) is 2.98. The number of carbonyl (C=O) groups is 1. The largest absolute Gasteiger partial charge is 0.493 e. The van der Waals surface area contributed by atoms with Crippen molar-refractivity contribution in [2.75, 3.05) is 20.7 Å². The number of alkyl halides is 2. The number of hydrogen-bond acceptors (Lipinski definition) is 3. The first-order valence-electron chi connectivity index (χ1n) is 8.92. The van der Waals surface area contributed by atoms with E-state index >= 15 is 0 Å². The number of aromatic amines is 1. The first-order valence-corrected chi connectivity index (χ1v) is 8.92. The van der Waals surface area contributed by atoms with E-state index < -0.39 is 6.61 Å². The fraction of sp³-hybridized carbons (Fsp3) is 0.286. The van der Waals surface area contributed by atoms with Gasteiger partial charge >= 0.3 is 6.61 Å². The topological polar surface area (TPSA) is 55.8 Å². The summed E-state index contributed by atoms with van der Waals surface area (Å²) < 4.78 is 34.5. The molecule has 0 aliphatic heterocycles.